The SMILES string of the molecule is O=C(Nc1ccc(Cl)cc1C(=O)O)c1ccc(F)cc1Cl. The fourth-order valence-electron chi connectivity index (χ4n) is 1.67. The smallest absolute Gasteiger partial charge is 0.337 e. The Kier molecular flexibility index (Phi) is 4.45. The zero-order valence-corrected chi connectivity index (χ0v) is 11.9. The second-order valence-corrected chi connectivity index (χ2v) is 4.92. The van der Waals surface area contributed by atoms with Crippen molar-refractivity contribution >= 4 is 40.8 Å². The molecule has 2 N–H and O–H groups in total. The van der Waals surface area contributed by atoms with Gasteiger partial charge < -0.3 is 10.4 Å². The zero-order chi connectivity index (χ0) is 15.6. The van der Waals surface area contributed by atoms with Crippen molar-refractivity contribution < 1.29 is 19.1 Å². The fourth-order valence-corrected chi connectivity index (χ4v) is 2.09. The molecule has 7 heteroatoms. The fraction of sp³-hybridized carbons (Fsp3) is 0. The zero-order valence-electron chi connectivity index (χ0n) is 10.4. The van der Waals surface area contributed by atoms with Gasteiger partial charge in [-0.1, -0.05) is 23.2 Å². The third-order valence-corrected chi connectivity index (χ3v) is 3.18. The Bertz CT molecular complexity index is 734. The van der Waals surface area contributed by atoms with Crippen molar-refractivity contribution in [2.24, 2.45) is 0 Å². The minimum absolute atomic E-state index is 0.0318. The third kappa shape index (κ3) is 3.51. The quantitative estimate of drug-likeness (QED) is 0.892. The van der Waals surface area contributed by atoms with E-state index in [2.05, 4.69) is 5.32 Å². The van der Waals surface area contributed by atoms with Crippen molar-refractivity contribution in [3.8, 4) is 0 Å². The van der Waals surface area contributed by atoms with Crippen LogP contribution < -0.4 is 5.32 Å². The lowest BCUT2D eigenvalue weighted by Crippen LogP contribution is -2.15. The van der Waals surface area contributed by atoms with Gasteiger partial charge in [0, 0.05) is 5.02 Å². The largest absolute Gasteiger partial charge is 0.478 e. The van der Waals surface area contributed by atoms with Gasteiger partial charge in [0.25, 0.3) is 5.91 Å². The molecule has 2 rings (SSSR count). The second kappa shape index (κ2) is 6.11. The maximum Gasteiger partial charge on any atom is 0.337 e. The minimum Gasteiger partial charge on any atom is -0.478 e. The number of carboxylic acid groups (broad SMARTS) is 1. The van der Waals surface area contributed by atoms with E-state index < -0.39 is 17.7 Å². The number of hydrogen-bond acceptors (Lipinski definition) is 2. The highest BCUT2D eigenvalue weighted by atomic mass is 35.5. The van der Waals surface area contributed by atoms with E-state index in [4.69, 9.17) is 28.3 Å². The highest BCUT2D eigenvalue weighted by Crippen LogP contribution is 2.23. The van der Waals surface area contributed by atoms with Gasteiger partial charge in [-0.2, -0.15) is 0 Å². The summed E-state index contributed by atoms with van der Waals surface area (Å²) in [5, 5.41) is 11.6. The van der Waals surface area contributed by atoms with Crippen LogP contribution in [-0.2, 0) is 0 Å². The molecule has 4 nitrogen and oxygen atoms in total. The van der Waals surface area contributed by atoms with Crippen molar-refractivity contribution in [3.05, 3.63) is 63.4 Å². The number of benzene rings is 2. The van der Waals surface area contributed by atoms with Crippen LogP contribution in [-0.4, -0.2) is 17.0 Å². The van der Waals surface area contributed by atoms with Gasteiger partial charge in [0.15, 0.2) is 0 Å². The van der Waals surface area contributed by atoms with Crippen molar-refractivity contribution in [2.45, 2.75) is 0 Å². The van der Waals surface area contributed by atoms with Crippen LogP contribution in [0.1, 0.15) is 20.7 Å². The van der Waals surface area contributed by atoms with E-state index in [9.17, 15) is 14.0 Å². The number of carboxylic acids is 1. The number of nitrogens with one attached hydrogen (secondary N) is 1. The van der Waals surface area contributed by atoms with E-state index in [0.717, 1.165) is 12.1 Å². The molecule has 0 spiro atoms. The predicted molar refractivity (Wildman–Crippen MR) is 77.8 cm³/mol. The van der Waals surface area contributed by atoms with Gasteiger partial charge >= 0.3 is 5.97 Å². The molecule has 2 aromatic carbocycles. The standard InChI is InChI=1S/C14H8Cl2FNO3/c15-7-1-4-12(10(5-7)14(20)21)18-13(19)9-3-2-8(17)6-11(9)16/h1-6H,(H,18,19)(H,20,21). The summed E-state index contributed by atoms with van der Waals surface area (Å²) in [7, 11) is 0. The molecule has 0 aromatic heterocycles. The van der Waals surface area contributed by atoms with Crippen molar-refractivity contribution in [1.82, 2.24) is 0 Å². The first kappa shape index (κ1) is 15.3. The molecule has 0 unspecified atom stereocenters. The molecule has 0 saturated carbocycles. The van der Waals surface area contributed by atoms with E-state index in [1.54, 1.807) is 0 Å². The first-order valence-corrected chi connectivity index (χ1v) is 6.43. The monoisotopic (exact) mass is 327 g/mol. The van der Waals surface area contributed by atoms with E-state index >= 15 is 0 Å². The number of carbonyl (C=O) groups excluding carboxylic acids is 1. The van der Waals surface area contributed by atoms with Crippen LogP contribution >= 0.6 is 23.2 Å². The third-order valence-electron chi connectivity index (χ3n) is 2.64. The molecule has 0 saturated heterocycles. The lowest BCUT2D eigenvalue weighted by molar-refractivity contribution is 0.0698. The lowest BCUT2D eigenvalue weighted by atomic mass is 10.1. The summed E-state index contributed by atoms with van der Waals surface area (Å²) >= 11 is 11.5. The molecule has 0 heterocycles. The van der Waals surface area contributed by atoms with Gasteiger partial charge in [-0.3, -0.25) is 4.79 Å². The normalized spacial score (nSPS) is 10.2. The van der Waals surface area contributed by atoms with E-state index in [0.29, 0.717) is 0 Å². The molecule has 0 fully saturated rings. The van der Waals surface area contributed by atoms with Crippen molar-refractivity contribution in [2.75, 3.05) is 5.32 Å². The molecule has 1 amide bonds. The molecule has 108 valence electrons. The molecule has 0 radical (unpaired) electrons. The number of anilines is 1. The van der Waals surface area contributed by atoms with Gasteiger partial charge in [-0.05, 0) is 36.4 Å². The first-order valence-electron chi connectivity index (χ1n) is 5.67. The highest BCUT2D eigenvalue weighted by molar-refractivity contribution is 6.34. The van der Waals surface area contributed by atoms with Crippen LogP contribution in [0.5, 0.6) is 0 Å². The van der Waals surface area contributed by atoms with Crippen LogP contribution in [0.25, 0.3) is 0 Å². The average Bonchev–Trinajstić information content (AvgIpc) is 2.40. The van der Waals surface area contributed by atoms with Crippen molar-refractivity contribution in [1.29, 1.82) is 0 Å². The van der Waals surface area contributed by atoms with E-state index in [-0.39, 0.29) is 26.9 Å². The molecule has 0 bridgehead atoms. The number of aromatic carboxylic acids is 1. The number of rotatable bonds is 3. The summed E-state index contributed by atoms with van der Waals surface area (Å²) < 4.78 is 12.9. The summed E-state index contributed by atoms with van der Waals surface area (Å²) in [6.07, 6.45) is 0. The average molecular weight is 328 g/mol. The molecule has 0 aliphatic rings. The maximum absolute atomic E-state index is 12.9. The van der Waals surface area contributed by atoms with Gasteiger partial charge in [-0.15, -0.1) is 0 Å². The van der Waals surface area contributed by atoms with E-state index in [1.807, 2.05) is 0 Å². The van der Waals surface area contributed by atoms with Crippen LogP contribution in [0, 0.1) is 5.82 Å². The maximum atomic E-state index is 12.9. The molecular weight excluding hydrogens is 320 g/mol. The van der Waals surface area contributed by atoms with Crippen LogP contribution in [0.15, 0.2) is 36.4 Å². The topological polar surface area (TPSA) is 66.4 Å². The van der Waals surface area contributed by atoms with E-state index in [1.165, 1.54) is 24.3 Å². The minimum atomic E-state index is -1.24. The van der Waals surface area contributed by atoms with Crippen LogP contribution in [0.2, 0.25) is 10.0 Å². The summed E-state index contributed by atoms with van der Waals surface area (Å²) in [6.45, 7) is 0. The second-order valence-electron chi connectivity index (χ2n) is 4.07. The Morgan fingerprint density at radius 3 is 2.38 bits per heavy atom. The van der Waals surface area contributed by atoms with Crippen LogP contribution in [0.4, 0.5) is 10.1 Å². The Labute approximate surface area is 129 Å². The summed E-state index contributed by atoms with van der Waals surface area (Å²) in [5.41, 5.74) is -0.0595. The Hall–Kier alpha value is -2.11. The summed E-state index contributed by atoms with van der Waals surface area (Å²) in [6, 6.07) is 7.31. The number of hydrogen-bond donors (Lipinski definition) is 2. The lowest BCUT2D eigenvalue weighted by Gasteiger charge is -2.10. The number of amides is 1. The molecule has 0 aliphatic heterocycles. The molecule has 0 atom stereocenters. The van der Waals surface area contributed by atoms with Gasteiger partial charge in [0.2, 0.25) is 0 Å². The van der Waals surface area contributed by atoms with Gasteiger partial charge in [0.05, 0.1) is 21.8 Å². The van der Waals surface area contributed by atoms with Gasteiger partial charge in [-0.25, -0.2) is 9.18 Å². The summed E-state index contributed by atoms with van der Waals surface area (Å²) in [5.74, 6) is -2.46. The molecular formula is C14H8Cl2FNO3. The van der Waals surface area contributed by atoms with Crippen LogP contribution in [0.3, 0.4) is 0 Å². The predicted octanol–water partition coefficient (Wildman–Crippen LogP) is 4.08. The Morgan fingerprint density at radius 2 is 1.76 bits per heavy atom. The van der Waals surface area contributed by atoms with Gasteiger partial charge in [0.1, 0.15) is 5.82 Å². The number of carbonyl (C=O) groups is 2. The molecule has 21 heavy (non-hydrogen) atoms. The Balaban J connectivity index is 2.34. The highest BCUT2D eigenvalue weighted by Gasteiger charge is 2.16. The molecule has 0 aliphatic carbocycles. The van der Waals surface area contributed by atoms with Crippen molar-refractivity contribution in [3.63, 3.8) is 0 Å². The Morgan fingerprint density at radius 1 is 1.05 bits per heavy atom. The molecule has 2 aromatic rings. The summed E-state index contributed by atoms with van der Waals surface area (Å²) in [4.78, 5) is 23.2. The first-order chi connectivity index (χ1) is 9.88. The number of halogens is 3.